The van der Waals surface area contributed by atoms with Gasteiger partial charge in [0.15, 0.2) is 0 Å². The third-order valence-corrected chi connectivity index (χ3v) is 3.36. The summed E-state index contributed by atoms with van der Waals surface area (Å²) in [5.41, 5.74) is 0.957. The maximum Gasteiger partial charge on any atom is 0.328 e. The summed E-state index contributed by atoms with van der Waals surface area (Å²) in [5, 5.41) is 0. The highest BCUT2D eigenvalue weighted by atomic mass is 19.1. The Morgan fingerprint density at radius 2 is 2.15 bits per heavy atom. The van der Waals surface area contributed by atoms with Gasteiger partial charge in [0.25, 0.3) is 5.91 Å². The fourth-order valence-electron chi connectivity index (χ4n) is 2.52. The molecule has 1 aromatic rings. The molecule has 1 aliphatic heterocycles. The SMILES string of the molecule is CCOC(=O)C1CCCN1C(=O)c1cc(C)cc(F)c1. The fourth-order valence-corrected chi connectivity index (χ4v) is 2.52. The van der Waals surface area contributed by atoms with Crippen molar-refractivity contribution in [3.8, 4) is 0 Å². The molecule has 0 N–H and O–H groups in total. The van der Waals surface area contributed by atoms with Crippen LogP contribution in [0.5, 0.6) is 0 Å². The minimum atomic E-state index is -0.550. The molecule has 1 fully saturated rings. The van der Waals surface area contributed by atoms with E-state index >= 15 is 0 Å². The normalized spacial score (nSPS) is 18.1. The van der Waals surface area contributed by atoms with E-state index in [0.29, 0.717) is 18.5 Å². The molecule has 1 amide bonds. The van der Waals surface area contributed by atoms with Crippen LogP contribution < -0.4 is 0 Å². The molecule has 1 aromatic carbocycles. The fraction of sp³-hybridized carbons (Fsp3) is 0.467. The number of aryl methyl sites for hydroxylation is 1. The maximum absolute atomic E-state index is 13.4. The number of rotatable bonds is 3. The van der Waals surface area contributed by atoms with Crippen molar-refractivity contribution in [2.24, 2.45) is 0 Å². The van der Waals surface area contributed by atoms with E-state index in [-0.39, 0.29) is 24.0 Å². The van der Waals surface area contributed by atoms with Crippen LogP contribution in [-0.4, -0.2) is 36.0 Å². The maximum atomic E-state index is 13.4. The molecule has 0 bridgehead atoms. The van der Waals surface area contributed by atoms with Crippen molar-refractivity contribution >= 4 is 11.9 Å². The summed E-state index contributed by atoms with van der Waals surface area (Å²) in [6.45, 7) is 4.25. The first-order valence-corrected chi connectivity index (χ1v) is 6.77. The van der Waals surface area contributed by atoms with Crippen LogP contribution in [0.1, 0.15) is 35.7 Å². The van der Waals surface area contributed by atoms with Crippen LogP contribution in [0, 0.1) is 12.7 Å². The zero-order valence-corrected chi connectivity index (χ0v) is 11.7. The third kappa shape index (κ3) is 2.98. The average molecular weight is 279 g/mol. The van der Waals surface area contributed by atoms with Crippen LogP contribution in [0.2, 0.25) is 0 Å². The Hall–Kier alpha value is -1.91. The van der Waals surface area contributed by atoms with Gasteiger partial charge in [0, 0.05) is 12.1 Å². The molecule has 0 aromatic heterocycles. The molecule has 1 heterocycles. The number of benzene rings is 1. The minimum Gasteiger partial charge on any atom is -0.464 e. The summed E-state index contributed by atoms with van der Waals surface area (Å²) >= 11 is 0. The quantitative estimate of drug-likeness (QED) is 0.798. The summed E-state index contributed by atoms with van der Waals surface area (Å²) in [6, 6.07) is 3.65. The number of esters is 1. The number of likely N-dealkylation sites (tertiary alicyclic amines) is 1. The van der Waals surface area contributed by atoms with Crippen LogP contribution in [0.4, 0.5) is 4.39 Å². The van der Waals surface area contributed by atoms with Gasteiger partial charge >= 0.3 is 5.97 Å². The second kappa shape index (κ2) is 6.03. The third-order valence-electron chi connectivity index (χ3n) is 3.36. The van der Waals surface area contributed by atoms with Gasteiger partial charge in [-0.05, 0) is 50.5 Å². The van der Waals surface area contributed by atoms with Crippen molar-refractivity contribution in [3.05, 3.63) is 35.1 Å². The zero-order chi connectivity index (χ0) is 14.7. The van der Waals surface area contributed by atoms with Crippen LogP contribution >= 0.6 is 0 Å². The van der Waals surface area contributed by atoms with Crippen molar-refractivity contribution < 1.29 is 18.7 Å². The first kappa shape index (κ1) is 14.5. The van der Waals surface area contributed by atoms with Gasteiger partial charge in [0.05, 0.1) is 6.61 Å². The summed E-state index contributed by atoms with van der Waals surface area (Å²) in [4.78, 5) is 25.7. The van der Waals surface area contributed by atoms with Crippen LogP contribution in [0.15, 0.2) is 18.2 Å². The number of hydrogen-bond acceptors (Lipinski definition) is 3. The minimum absolute atomic E-state index is 0.277. The lowest BCUT2D eigenvalue weighted by Gasteiger charge is -2.23. The Bertz CT molecular complexity index is 510. The van der Waals surface area contributed by atoms with E-state index in [4.69, 9.17) is 4.74 Å². The second-order valence-corrected chi connectivity index (χ2v) is 4.93. The Morgan fingerprint density at radius 3 is 2.80 bits per heavy atom. The highest BCUT2D eigenvalue weighted by Gasteiger charge is 2.35. The highest BCUT2D eigenvalue weighted by molar-refractivity contribution is 5.97. The van der Waals surface area contributed by atoms with Gasteiger partial charge in [-0.1, -0.05) is 0 Å². The Morgan fingerprint density at radius 1 is 1.40 bits per heavy atom. The molecule has 1 aliphatic rings. The van der Waals surface area contributed by atoms with E-state index in [1.54, 1.807) is 19.9 Å². The molecule has 1 atom stereocenters. The average Bonchev–Trinajstić information content (AvgIpc) is 2.86. The van der Waals surface area contributed by atoms with Crippen molar-refractivity contribution in [2.45, 2.75) is 32.7 Å². The van der Waals surface area contributed by atoms with E-state index < -0.39 is 11.9 Å². The number of nitrogens with zero attached hydrogens (tertiary/aromatic N) is 1. The summed E-state index contributed by atoms with van der Waals surface area (Å²) < 4.78 is 18.4. The number of ether oxygens (including phenoxy) is 1. The molecule has 20 heavy (non-hydrogen) atoms. The molecule has 5 heteroatoms. The smallest absolute Gasteiger partial charge is 0.328 e. The first-order chi connectivity index (χ1) is 9.52. The van der Waals surface area contributed by atoms with Crippen LogP contribution in [-0.2, 0) is 9.53 Å². The summed E-state index contributed by atoms with van der Waals surface area (Å²) in [6.07, 6.45) is 1.35. The van der Waals surface area contributed by atoms with Crippen LogP contribution in [0.3, 0.4) is 0 Å². The number of amides is 1. The summed E-state index contributed by atoms with van der Waals surface area (Å²) in [7, 11) is 0. The topological polar surface area (TPSA) is 46.6 Å². The van der Waals surface area contributed by atoms with Gasteiger partial charge in [0.1, 0.15) is 11.9 Å². The van der Waals surface area contributed by atoms with Gasteiger partial charge < -0.3 is 9.64 Å². The Kier molecular flexibility index (Phi) is 4.37. The molecular weight excluding hydrogens is 261 g/mol. The van der Waals surface area contributed by atoms with Crippen LogP contribution in [0.25, 0.3) is 0 Å². The largest absolute Gasteiger partial charge is 0.464 e. The number of carbonyl (C=O) groups is 2. The molecule has 0 spiro atoms. The Balaban J connectivity index is 2.21. The molecule has 0 saturated carbocycles. The van der Waals surface area contributed by atoms with Crippen molar-refractivity contribution in [1.29, 1.82) is 0 Å². The van der Waals surface area contributed by atoms with Gasteiger partial charge in [0.2, 0.25) is 0 Å². The number of halogens is 1. The predicted octanol–water partition coefficient (Wildman–Crippen LogP) is 2.30. The van der Waals surface area contributed by atoms with Crippen molar-refractivity contribution in [2.75, 3.05) is 13.2 Å². The van der Waals surface area contributed by atoms with Gasteiger partial charge in [-0.3, -0.25) is 4.79 Å². The molecule has 1 saturated heterocycles. The van der Waals surface area contributed by atoms with E-state index in [9.17, 15) is 14.0 Å². The van der Waals surface area contributed by atoms with Crippen molar-refractivity contribution in [3.63, 3.8) is 0 Å². The monoisotopic (exact) mass is 279 g/mol. The summed E-state index contributed by atoms with van der Waals surface area (Å²) in [5.74, 6) is -1.14. The molecule has 4 nitrogen and oxygen atoms in total. The highest BCUT2D eigenvalue weighted by Crippen LogP contribution is 2.22. The van der Waals surface area contributed by atoms with E-state index in [0.717, 1.165) is 6.42 Å². The molecule has 108 valence electrons. The molecule has 0 radical (unpaired) electrons. The number of carbonyl (C=O) groups excluding carboxylic acids is 2. The lowest BCUT2D eigenvalue weighted by molar-refractivity contribution is -0.147. The predicted molar refractivity (Wildman–Crippen MR) is 71.8 cm³/mol. The molecule has 1 unspecified atom stereocenters. The van der Waals surface area contributed by atoms with Gasteiger partial charge in [-0.15, -0.1) is 0 Å². The standard InChI is InChI=1S/C15H18FNO3/c1-3-20-15(19)13-5-4-6-17(13)14(18)11-7-10(2)8-12(16)9-11/h7-9,13H,3-6H2,1-2H3. The zero-order valence-electron chi connectivity index (χ0n) is 11.7. The first-order valence-electron chi connectivity index (χ1n) is 6.77. The number of hydrogen-bond donors (Lipinski definition) is 0. The Labute approximate surface area is 117 Å². The molecule has 0 aliphatic carbocycles. The van der Waals surface area contributed by atoms with E-state index in [2.05, 4.69) is 0 Å². The van der Waals surface area contributed by atoms with E-state index in [1.807, 2.05) is 0 Å². The molecular formula is C15H18FNO3. The van der Waals surface area contributed by atoms with Gasteiger partial charge in [-0.2, -0.15) is 0 Å². The van der Waals surface area contributed by atoms with Crippen molar-refractivity contribution in [1.82, 2.24) is 4.90 Å². The van der Waals surface area contributed by atoms with Gasteiger partial charge in [-0.25, -0.2) is 9.18 Å². The second-order valence-electron chi connectivity index (χ2n) is 4.93. The lowest BCUT2D eigenvalue weighted by atomic mass is 10.1. The van der Waals surface area contributed by atoms with E-state index in [1.165, 1.54) is 17.0 Å². The molecule has 2 rings (SSSR count). The lowest BCUT2D eigenvalue weighted by Crippen LogP contribution is -2.41.